The lowest BCUT2D eigenvalue weighted by Gasteiger charge is -2.22. The number of carbonyl (C=O) groups excluding carboxylic acids is 2. The van der Waals surface area contributed by atoms with Gasteiger partial charge in [0.1, 0.15) is 17.5 Å². The summed E-state index contributed by atoms with van der Waals surface area (Å²) in [5, 5.41) is 13.9. The lowest BCUT2D eigenvalue weighted by molar-refractivity contribution is -0.131. The minimum Gasteiger partial charge on any atom is -0.319 e. The molecule has 3 aromatic heterocycles. The van der Waals surface area contributed by atoms with Crippen molar-refractivity contribution in [1.29, 1.82) is 0 Å². The van der Waals surface area contributed by atoms with E-state index in [0.29, 0.717) is 16.9 Å². The quantitative estimate of drug-likeness (QED) is 0.527. The Kier molecular flexibility index (Phi) is 3.66. The largest absolute Gasteiger partial charge is 0.325 e. The molecule has 1 unspecified atom stereocenters. The van der Waals surface area contributed by atoms with Crippen molar-refractivity contribution in [2.24, 2.45) is 0 Å². The summed E-state index contributed by atoms with van der Waals surface area (Å²) in [6, 6.07) is 12.4. The Hall–Kier alpha value is -4.08. The number of fused-ring (bicyclic) bond motifs is 1. The van der Waals surface area contributed by atoms with Crippen molar-refractivity contribution < 1.29 is 9.59 Å². The van der Waals surface area contributed by atoms with Crippen LogP contribution < -0.4 is 5.32 Å². The molecule has 1 atom stereocenters. The third-order valence-electron chi connectivity index (χ3n) is 5.05. The summed E-state index contributed by atoms with van der Waals surface area (Å²) >= 11 is 0. The van der Waals surface area contributed by atoms with Gasteiger partial charge in [-0.1, -0.05) is 18.2 Å². The first kappa shape index (κ1) is 17.0. The second-order valence-corrected chi connectivity index (χ2v) is 6.95. The maximum atomic E-state index is 13.2. The fourth-order valence-corrected chi connectivity index (χ4v) is 3.50. The molecule has 0 radical (unpaired) electrons. The van der Waals surface area contributed by atoms with Crippen LogP contribution in [0.15, 0.2) is 61.2 Å². The Morgan fingerprint density at radius 3 is 2.83 bits per heavy atom. The van der Waals surface area contributed by atoms with Gasteiger partial charge in [-0.15, -0.1) is 5.10 Å². The number of carbonyl (C=O) groups is 2. The molecule has 1 aromatic carbocycles. The molecule has 0 spiro atoms. The van der Waals surface area contributed by atoms with Crippen molar-refractivity contribution in [2.75, 3.05) is 0 Å². The van der Waals surface area contributed by atoms with Gasteiger partial charge in [0.2, 0.25) is 0 Å². The van der Waals surface area contributed by atoms with E-state index in [-0.39, 0.29) is 12.5 Å². The van der Waals surface area contributed by atoms with E-state index in [2.05, 4.69) is 25.8 Å². The Morgan fingerprint density at radius 1 is 1.14 bits per heavy atom. The van der Waals surface area contributed by atoms with Crippen molar-refractivity contribution in [3.05, 3.63) is 72.4 Å². The molecule has 29 heavy (non-hydrogen) atoms. The molecule has 1 aliphatic rings. The van der Waals surface area contributed by atoms with Crippen LogP contribution in [0.4, 0.5) is 4.79 Å². The number of urea groups is 1. The molecule has 0 saturated carbocycles. The van der Waals surface area contributed by atoms with E-state index < -0.39 is 11.6 Å². The highest BCUT2D eigenvalue weighted by atomic mass is 16.2. The van der Waals surface area contributed by atoms with E-state index in [9.17, 15) is 9.59 Å². The number of rotatable bonds is 4. The van der Waals surface area contributed by atoms with Crippen LogP contribution in [0.5, 0.6) is 0 Å². The second kappa shape index (κ2) is 6.23. The average Bonchev–Trinajstić information content (AvgIpc) is 3.44. The lowest BCUT2D eigenvalue weighted by Crippen LogP contribution is -2.40. The summed E-state index contributed by atoms with van der Waals surface area (Å²) < 4.78 is 3.34. The molecule has 1 fully saturated rings. The topological polar surface area (TPSA) is 110 Å². The predicted octanol–water partition coefficient (Wildman–Crippen LogP) is 1.28. The smallest absolute Gasteiger partial charge is 0.319 e. The number of benzene rings is 1. The molecule has 1 saturated heterocycles. The van der Waals surface area contributed by atoms with Gasteiger partial charge in [-0.3, -0.25) is 9.69 Å². The van der Waals surface area contributed by atoms with Crippen LogP contribution >= 0.6 is 0 Å². The number of imide groups is 1. The molecule has 10 heteroatoms. The maximum absolute atomic E-state index is 13.2. The molecule has 1 N–H and O–H groups in total. The first-order valence-electron chi connectivity index (χ1n) is 8.95. The zero-order chi connectivity index (χ0) is 20.0. The first-order chi connectivity index (χ1) is 14.0. The van der Waals surface area contributed by atoms with Gasteiger partial charge in [0.05, 0.1) is 17.9 Å². The van der Waals surface area contributed by atoms with Gasteiger partial charge in [0.25, 0.3) is 5.91 Å². The molecule has 3 amide bonds. The summed E-state index contributed by atoms with van der Waals surface area (Å²) in [5.74, 6) is -0.339. The van der Waals surface area contributed by atoms with Gasteiger partial charge in [-0.25, -0.2) is 14.5 Å². The standard InChI is InChI=1S/C19H16N8O2/c1-19(13-5-4-6-15(9-13)27-12-20-23-24-27)17(28)26(18(29)22-19)11-14-10-25-8-3-2-7-16(25)21-14/h2-10,12H,11H2,1H3,(H,22,29). The number of imidazole rings is 1. The van der Waals surface area contributed by atoms with Crippen molar-refractivity contribution in [3.8, 4) is 5.69 Å². The number of nitrogens with one attached hydrogen (secondary N) is 1. The van der Waals surface area contributed by atoms with Gasteiger partial charge < -0.3 is 9.72 Å². The molecule has 144 valence electrons. The minimum atomic E-state index is -1.19. The second-order valence-electron chi connectivity index (χ2n) is 6.95. The Balaban J connectivity index is 1.45. The maximum Gasteiger partial charge on any atom is 0.325 e. The zero-order valence-electron chi connectivity index (χ0n) is 15.4. The molecule has 5 rings (SSSR count). The summed E-state index contributed by atoms with van der Waals surface area (Å²) in [6.45, 7) is 1.78. The summed E-state index contributed by atoms with van der Waals surface area (Å²) in [7, 11) is 0. The summed E-state index contributed by atoms with van der Waals surface area (Å²) in [5.41, 5.74) is 1.52. The van der Waals surface area contributed by atoms with E-state index in [4.69, 9.17) is 0 Å². The van der Waals surface area contributed by atoms with Crippen molar-refractivity contribution in [2.45, 2.75) is 19.0 Å². The van der Waals surface area contributed by atoms with Gasteiger partial charge in [0, 0.05) is 12.4 Å². The van der Waals surface area contributed by atoms with Crippen LogP contribution in [0, 0.1) is 0 Å². The van der Waals surface area contributed by atoms with E-state index >= 15 is 0 Å². The van der Waals surface area contributed by atoms with Gasteiger partial charge in [-0.05, 0) is 47.2 Å². The van der Waals surface area contributed by atoms with Crippen LogP contribution in [0.3, 0.4) is 0 Å². The third kappa shape index (κ3) is 2.73. The van der Waals surface area contributed by atoms with Crippen LogP contribution in [0.25, 0.3) is 11.3 Å². The Morgan fingerprint density at radius 2 is 2.03 bits per heavy atom. The Labute approximate surface area is 164 Å². The van der Waals surface area contributed by atoms with E-state index in [0.717, 1.165) is 5.65 Å². The number of amides is 3. The lowest BCUT2D eigenvalue weighted by atomic mass is 9.91. The van der Waals surface area contributed by atoms with Crippen LogP contribution in [-0.2, 0) is 16.9 Å². The average molecular weight is 388 g/mol. The predicted molar refractivity (Wildman–Crippen MR) is 101 cm³/mol. The van der Waals surface area contributed by atoms with Crippen LogP contribution in [0.1, 0.15) is 18.2 Å². The molecule has 0 aliphatic carbocycles. The van der Waals surface area contributed by atoms with Gasteiger partial charge in [-0.2, -0.15) is 0 Å². The molecule has 1 aliphatic heterocycles. The minimum absolute atomic E-state index is 0.0919. The number of tetrazole rings is 1. The fraction of sp³-hybridized carbons (Fsp3) is 0.158. The molecule has 10 nitrogen and oxygen atoms in total. The van der Waals surface area contributed by atoms with E-state index in [1.54, 1.807) is 25.1 Å². The molecule has 4 aromatic rings. The van der Waals surface area contributed by atoms with E-state index in [1.165, 1.54) is 15.9 Å². The van der Waals surface area contributed by atoms with Crippen LogP contribution in [-0.4, -0.2) is 46.4 Å². The van der Waals surface area contributed by atoms with Gasteiger partial charge in [0.15, 0.2) is 0 Å². The molecular formula is C19H16N8O2. The van der Waals surface area contributed by atoms with Crippen molar-refractivity contribution in [3.63, 3.8) is 0 Å². The van der Waals surface area contributed by atoms with Crippen molar-refractivity contribution in [1.82, 2.24) is 39.8 Å². The fourth-order valence-electron chi connectivity index (χ4n) is 3.50. The highest BCUT2D eigenvalue weighted by Gasteiger charge is 2.49. The summed E-state index contributed by atoms with van der Waals surface area (Å²) in [4.78, 5) is 31.5. The van der Waals surface area contributed by atoms with Crippen LogP contribution in [0.2, 0.25) is 0 Å². The van der Waals surface area contributed by atoms with Gasteiger partial charge >= 0.3 is 6.03 Å². The normalized spacial score (nSPS) is 19.1. The van der Waals surface area contributed by atoms with E-state index in [1.807, 2.05) is 41.1 Å². The zero-order valence-corrected chi connectivity index (χ0v) is 15.4. The highest BCUT2D eigenvalue weighted by molar-refractivity contribution is 6.07. The number of nitrogens with zero attached hydrogens (tertiary/aromatic N) is 7. The Bertz CT molecular complexity index is 1200. The summed E-state index contributed by atoms with van der Waals surface area (Å²) in [6.07, 6.45) is 5.14. The number of aromatic nitrogens is 6. The molecule has 0 bridgehead atoms. The third-order valence-corrected chi connectivity index (χ3v) is 5.05. The number of hydrogen-bond donors (Lipinski definition) is 1. The SMILES string of the molecule is CC1(c2cccc(-n3cnnn3)c2)NC(=O)N(Cc2cn3ccccc3n2)C1=O. The monoisotopic (exact) mass is 388 g/mol. The number of pyridine rings is 1. The molecule has 4 heterocycles. The first-order valence-corrected chi connectivity index (χ1v) is 8.95. The molecular weight excluding hydrogens is 372 g/mol. The highest BCUT2D eigenvalue weighted by Crippen LogP contribution is 2.30. The van der Waals surface area contributed by atoms with Crippen molar-refractivity contribution >= 4 is 17.6 Å². The number of hydrogen-bond acceptors (Lipinski definition) is 6.